The van der Waals surface area contributed by atoms with E-state index in [0.29, 0.717) is 5.56 Å². The fourth-order valence-electron chi connectivity index (χ4n) is 0.576. The van der Waals surface area contributed by atoms with Gasteiger partial charge in [-0.1, -0.05) is 71.9 Å². The molecule has 0 aromatic carbocycles. The van der Waals surface area contributed by atoms with Crippen LogP contribution in [0.15, 0.2) is 12.3 Å². The highest BCUT2D eigenvalue weighted by molar-refractivity contribution is 6.66. The van der Waals surface area contributed by atoms with Gasteiger partial charge in [-0.25, -0.2) is 4.98 Å². The van der Waals surface area contributed by atoms with Crippen LogP contribution in [0.25, 0.3) is 0 Å². The number of aromatic nitrogens is 1. The molecule has 1 nitrogen and oxygen atoms in total. The van der Waals surface area contributed by atoms with Crippen molar-refractivity contribution in [3.8, 4) is 0 Å². The maximum absolute atomic E-state index is 5.65. The molecule has 6 heteroatoms. The van der Waals surface area contributed by atoms with Crippen LogP contribution in [0.5, 0.6) is 0 Å². The first-order chi connectivity index (χ1) is 6.41. The lowest BCUT2D eigenvalue weighted by atomic mass is 10.3. The molecule has 0 spiro atoms. The van der Waals surface area contributed by atoms with Crippen molar-refractivity contribution in [1.29, 1.82) is 0 Å². The highest BCUT2D eigenvalue weighted by atomic mass is 35.6. The maximum Gasteiger partial charge on any atom is 0.217 e. The highest BCUT2D eigenvalue weighted by Gasteiger charge is 2.23. The summed E-state index contributed by atoms with van der Waals surface area (Å²) in [6.07, 6.45) is 1.36. The van der Waals surface area contributed by atoms with Gasteiger partial charge in [0.25, 0.3) is 0 Å². The average molecular weight is 295 g/mol. The van der Waals surface area contributed by atoms with Gasteiger partial charge in [0.15, 0.2) is 0 Å². The molecule has 14 heavy (non-hydrogen) atoms. The van der Waals surface area contributed by atoms with Gasteiger partial charge in [-0.05, 0) is 6.07 Å². The summed E-state index contributed by atoms with van der Waals surface area (Å²) in [5.41, 5.74) is 0.391. The summed E-state index contributed by atoms with van der Waals surface area (Å²) in [7, 11) is 0. The molecular weight excluding hydrogens is 287 g/mol. The molecule has 0 aliphatic heterocycles. The van der Waals surface area contributed by atoms with Crippen LogP contribution in [0.3, 0.4) is 0 Å². The average Bonchev–Trinajstić information content (AvgIpc) is 2.11. The van der Waals surface area contributed by atoms with E-state index in [4.69, 9.17) is 58.0 Å². The summed E-state index contributed by atoms with van der Waals surface area (Å²) in [6.45, 7) is 4.00. The normalized spacial score (nSPS) is 10.5. The van der Waals surface area contributed by atoms with Crippen LogP contribution >= 0.6 is 58.0 Å². The van der Waals surface area contributed by atoms with E-state index in [-0.39, 0.29) is 10.2 Å². The second-order valence-electron chi connectivity index (χ2n) is 1.99. The zero-order valence-electron chi connectivity index (χ0n) is 7.49. The highest BCUT2D eigenvalue weighted by Crippen LogP contribution is 2.39. The molecule has 0 amide bonds. The molecule has 1 heterocycles. The topological polar surface area (TPSA) is 12.9 Å². The fraction of sp³-hybridized carbons (Fsp3) is 0.375. The van der Waals surface area contributed by atoms with Gasteiger partial charge in [0.05, 0.1) is 5.02 Å². The van der Waals surface area contributed by atoms with Crippen molar-refractivity contribution in [3.63, 3.8) is 0 Å². The minimum absolute atomic E-state index is 0.190. The molecule has 0 N–H and O–H groups in total. The number of hydrogen-bond donors (Lipinski definition) is 0. The Bertz CT molecular complexity index is 294. The van der Waals surface area contributed by atoms with Crippen molar-refractivity contribution in [1.82, 2.24) is 4.98 Å². The second kappa shape index (κ2) is 6.24. The van der Waals surface area contributed by atoms with E-state index in [9.17, 15) is 0 Å². The number of nitrogens with zero attached hydrogens (tertiary/aromatic N) is 1. The molecule has 0 bridgehead atoms. The Morgan fingerprint density at radius 3 is 2.00 bits per heavy atom. The first-order valence-corrected chi connectivity index (χ1v) is 5.68. The lowest BCUT2D eigenvalue weighted by Gasteiger charge is -2.10. The summed E-state index contributed by atoms with van der Waals surface area (Å²) in [5, 5.41) is 0.454. The molecule has 80 valence electrons. The van der Waals surface area contributed by atoms with Gasteiger partial charge in [0.1, 0.15) is 5.15 Å². The lowest BCUT2D eigenvalue weighted by molar-refractivity contribution is 1.17. The van der Waals surface area contributed by atoms with E-state index in [2.05, 4.69) is 4.98 Å². The van der Waals surface area contributed by atoms with E-state index < -0.39 is 3.79 Å². The van der Waals surface area contributed by atoms with Crippen molar-refractivity contribution in [2.24, 2.45) is 0 Å². The van der Waals surface area contributed by atoms with Crippen LogP contribution < -0.4 is 0 Å². The Hall–Kier alpha value is 0.600. The minimum atomic E-state index is -1.51. The zero-order chi connectivity index (χ0) is 11.4. The molecule has 0 aliphatic rings. The number of rotatable bonds is 0. The van der Waals surface area contributed by atoms with Gasteiger partial charge < -0.3 is 0 Å². The fourth-order valence-corrected chi connectivity index (χ4v) is 1.16. The van der Waals surface area contributed by atoms with Crippen molar-refractivity contribution in [2.45, 2.75) is 17.6 Å². The van der Waals surface area contributed by atoms with Crippen LogP contribution in [-0.4, -0.2) is 4.98 Å². The lowest BCUT2D eigenvalue weighted by Crippen LogP contribution is -2.00. The minimum Gasteiger partial charge on any atom is -0.243 e. The Labute approximate surface area is 108 Å². The molecule has 0 unspecified atom stereocenters. The predicted molar refractivity (Wildman–Crippen MR) is 64.8 cm³/mol. The standard InChI is InChI=1S/C6H2Cl5N.C2H6/c7-4-1-3(6(9,10)11)2-12-5(4)8;1-2/h1-2H;1-2H3. The third-order valence-corrected chi connectivity index (χ3v) is 2.46. The molecule has 1 rings (SSSR count). The monoisotopic (exact) mass is 293 g/mol. The van der Waals surface area contributed by atoms with Crippen molar-refractivity contribution in [2.75, 3.05) is 0 Å². The van der Waals surface area contributed by atoms with E-state index in [1.165, 1.54) is 12.3 Å². The van der Waals surface area contributed by atoms with Crippen LogP contribution in [0.2, 0.25) is 10.2 Å². The second-order valence-corrected chi connectivity index (χ2v) is 5.04. The summed E-state index contributed by atoms with van der Waals surface area (Å²) in [5.74, 6) is 0. The number of halogens is 5. The number of alkyl halides is 3. The van der Waals surface area contributed by atoms with E-state index in [1.54, 1.807) is 0 Å². The molecule has 1 aromatic rings. The van der Waals surface area contributed by atoms with Gasteiger partial charge in [0.2, 0.25) is 3.79 Å². The molecule has 0 atom stereocenters. The van der Waals surface area contributed by atoms with E-state index in [1.807, 2.05) is 13.8 Å². The molecule has 0 aliphatic carbocycles. The van der Waals surface area contributed by atoms with Crippen LogP contribution in [0, 0.1) is 0 Å². The van der Waals surface area contributed by atoms with E-state index >= 15 is 0 Å². The Kier molecular flexibility index (Phi) is 6.51. The van der Waals surface area contributed by atoms with Crippen molar-refractivity contribution < 1.29 is 0 Å². The summed E-state index contributed by atoms with van der Waals surface area (Å²) in [6, 6.07) is 1.46. The SMILES string of the molecule is CC.Clc1cc(C(Cl)(Cl)Cl)cnc1Cl. The maximum atomic E-state index is 5.65. The van der Waals surface area contributed by atoms with Crippen LogP contribution in [0.1, 0.15) is 19.4 Å². The van der Waals surface area contributed by atoms with Gasteiger partial charge in [-0.15, -0.1) is 0 Å². The van der Waals surface area contributed by atoms with Gasteiger partial charge in [0, 0.05) is 11.8 Å². The molecular formula is C8H8Cl5N. The summed E-state index contributed by atoms with van der Waals surface area (Å²) in [4.78, 5) is 3.73. The third kappa shape index (κ3) is 4.41. The Morgan fingerprint density at radius 1 is 1.14 bits per heavy atom. The van der Waals surface area contributed by atoms with Gasteiger partial charge in [-0.2, -0.15) is 0 Å². The summed E-state index contributed by atoms with van der Waals surface area (Å²) < 4.78 is -1.51. The number of hydrogen-bond acceptors (Lipinski definition) is 1. The van der Waals surface area contributed by atoms with E-state index in [0.717, 1.165) is 0 Å². The molecule has 0 saturated carbocycles. The van der Waals surface area contributed by atoms with Crippen LogP contribution in [0.4, 0.5) is 0 Å². The summed E-state index contributed by atoms with van der Waals surface area (Å²) >= 11 is 27.9. The third-order valence-electron chi connectivity index (χ3n) is 1.12. The molecule has 1 aromatic heterocycles. The molecule has 0 saturated heterocycles. The first kappa shape index (κ1) is 14.6. The zero-order valence-corrected chi connectivity index (χ0v) is 11.3. The molecule has 0 fully saturated rings. The number of pyridine rings is 1. The van der Waals surface area contributed by atoms with Gasteiger partial charge >= 0.3 is 0 Å². The smallest absolute Gasteiger partial charge is 0.217 e. The first-order valence-electron chi connectivity index (χ1n) is 3.79. The quantitative estimate of drug-likeness (QED) is 0.471. The Morgan fingerprint density at radius 2 is 1.64 bits per heavy atom. The van der Waals surface area contributed by atoms with Crippen molar-refractivity contribution in [3.05, 3.63) is 28.0 Å². The Balaban J connectivity index is 0.000000791. The predicted octanol–water partition coefficient (Wildman–Crippen LogP) is 5.24. The van der Waals surface area contributed by atoms with Crippen molar-refractivity contribution >= 4 is 58.0 Å². The van der Waals surface area contributed by atoms with Gasteiger partial charge in [-0.3, -0.25) is 0 Å². The largest absolute Gasteiger partial charge is 0.243 e. The molecule has 0 radical (unpaired) electrons. The van der Waals surface area contributed by atoms with Crippen LogP contribution in [-0.2, 0) is 3.79 Å².